The highest BCUT2D eigenvalue weighted by molar-refractivity contribution is 4.93. The van der Waals surface area contributed by atoms with Gasteiger partial charge in [-0.2, -0.15) is 0 Å². The maximum Gasteiger partial charge on any atom is 0.0739 e. The molecular formula is C14H26N2O2. The molecule has 4 atom stereocenters. The zero-order valence-corrected chi connectivity index (χ0v) is 11.4. The monoisotopic (exact) mass is 254 g/mol. The van der Waals surface area contributed by atoms with Gasteiger partial charge in [-0.1, -0.05) is 0 Å². The molecule has 0 amide bonds. The summed E-state index contributed by atoms with van der Waals surface area (Å²) in [6, 6.07) is 1.02. The lowest BCUT2D eigenvalue weighted by molar-refractivity contribution is -0.0833. The van der Waals surface area contributed by atoms with Gasteiger partial charge in [-0.15, -0.1) is 0 Å². The van der Waals surface area contributed by atoms with Gasteiger partial charge in [0.1, 0.15) is 0 Å². The summed E-state index contributed by atoms with van der Waals surface area (Å²) < 4.78 is 5.55. The average Bonchev–Trinajstić information content (AvgIpc) is 2.39. The molecular weight excluding hydrogens is 228 g/mol. The van der Waals surface area contributed by atoms with Gasteiger partial charge in [0.25, 0.3) is 0 Å². The minimum atomic E-state index is -0.184. The van der Waals surface area contributed by atoms with Crippen molar-refractivity contribution < 1.29 is 9.84 Å². The second kappa shape index (κ2) is 5.45. The van der Waals surface area contributed by atoms with Crippen molar-refractivity contribution in [2.75, 3.05) is 39.9 Å². The third kappa shape index (κ3) is 2.44. The van der Waals surface area contributed by atoms with E-state index in [4.69, 9.17) is 4.74 Å². The second-order valence-electron chi connectivity index (χ2n) is 6.23. The molecule has 3 aliphatic rings. The molecule has 4 nitrogen and oxygen atoms in total. The van der Waals surface area contributed by atoms with Crippen LogP contribution in [0.15, 0.2) is 0 Å². The van der Waals surface area contributed by atoms with Gasteiger partial charge in [-0.3, -0.25) is 4.90 Å². The number of piperidine rings is 2. The smallest absolute Gasteiger partial charge is 0.0739 e. The molecule has 3 saturated heterocycles. The Morgan fingerprint density at radius 2 is 2.00 bits per heavy atom. The molecule has 0 bridgehead atoms. The van der Waals surface area contributed by atoms with Crippen molar-refractivity contribution in [3.05, 3.63) is 0 Å². The van der Waals surface area contributed by atoms with Crippen molar-refractivity contribution in [1.29, 1.82) is 0 Å². The predicted octanol–water partition coefficient (Wildman–Crippen LogP) is 0.552. The van der Waals surface area contributed by atoms with E-state index in [1.54, 1.807) is 0 Å². The number of likely N-dealkylation sites (tertiary alicyclic amines) is 2. The van der Waals surface area contributed by atoms with Gasteiger partial charge in [0.2, 0.25) is 0 Å². The SMILES string of the molecule is CN1CCCC2CN(C3COCCC3O)CCC21. The highest BCUT2D eigenvalue weighted by Crippen LogP contribution is 2.31. The molecule has 0 aromatic carbocycles. The van der Waals surface area contributed by atoms with Gasteiger partial charge in [0.15, 0.2) is 0 Å². The lowest BCUT2D eigenvalue weighted by Crippen LogP contribution is -2.58. The predicted molar refractivity (Wildman–Crippen MR) is 70.6 cm³/mol. The van der Waals surface area contributed by atoms with E-state index in [0.717, 1.165) is 38.1 Å². The van der Waals surface area contributed by atoms with Crippen molar-refractivity contribution >= 4 is 0 Å². The molecule has 18 heavy (non-hydrogen) atoms. The van der Waals surface area contributed by atoms with Crippen LogP contribution >= 0.6 is 0 Å². The molecule has 104 valence electrons. The Kier molecular flexibility index (Phi) is 3.89. The van der Waals surface area contributed by atoms with E-state index in [2.05, 4.69) is 16.8 Å². The normalized spacial score (nSPS) is 43.7. The second-order valence-corrected chi connectivity index (χ2v) is 6.23. The largest absolute Gasteiger partial charge is 0.391 e. The van der Waals surface area contributed by atoms with Crippen molar-refractivity contribution in [3.8, 4) is 0 Å². The van der Waals surface area contributed by atoms with Crippen LogP contribution in [0.1, 0.15) is 25.7 Å². The molecule has 3 rings (SSSR count). The Morgan fingerprint density at radius 3 is 2.83 bits per heavy atom. The molecule has 4 heteroatoms. The van der Waals surface area contributed by atoms with Gasteiger partial charge in [0, 0.05) is 25.7 Å². The molecule has 0 aliphatic carbocycles. The number of hydrogen-bond donors (Lipinski definition) is 1. The van der Waals surface area contributed by atoms with E-state index in [1.807, 2.05) is 0 Å². The van der Waals surface area contributed by atoms with Crippen LogP contribution in [0.25, 0.3) is 0 Å². The average molecular weight is 254 g/mol. The molecule has 0 spiro atoms. The number of nitrogens with zero attached hydrogens (tertiary/aromatic N) is 2. The minimum absolute atomic E-state index is 0.184. The van der Waals surface area contributed by atoms with Gasteiger partial charge in [-0.05, 0) is 45.2 Å². The summed E-state index contributed by atoms with van der Waals surface area (Å²) in [5, 5.41) is 10.1. The van der Waals surface area contributed by atoms with Gasteiger partial charge < -0.3 is 14.7 Å². The third-order valence-electron chi connectivity index (χ3n) is 5.14. The highest BCUT2D eigenvalue weighted by Gasteiger charge is 2.38. The maximum absolute atomic E-state index is 10.1. The minimum Gasteiger partial charge on any atom is -0.391 e. The molecule has 1 N–H and O–H groups in total. The maximum atomic E-state index is 10.1. The standard InChI is InChI=1S/C14H26N2O2/c1-15-6-2-3-11-9-16(7-4-12(11)15)13-10-18-8-5-14(13)17/h11-14,17H,2-10H2,1H3. The molecule has 4 unspecified atom stereocenters. The summed E-state index contributed by atoms with van der Waals surface area (Å²) in [7, 11) is 2.27. The fourth-order valence-electron chi connectivity index (χ4n) is 4.04. The van der Waals surface area contributed by atoms with Gasteiger partial charge in [-0.25, -0.2) is 0 Å². The van der Waals surface area contributed by atoms with Crippen LogP contribution in [-0.2, 0) is 4.74 Å². The number of fused-ring (bicyclic) bond motifs is 1. The van der Waals surface area contributed by atoms with E-state index in [0.29, 0.717) is 6.61 Å². The van der Waals surface area contributed by atoms with E-state index in [-0.39, 0.29) is 12.1 Å². The van der Waals surface area contributed by atoms with Crippen molar-refractivity contribution in [2.45, 2.75) is 43.9 Å². The first-order valence-corrected chi connectivity index (χ1v) is 7.46. The van der Waals surface area contributed by atoms with Gasteiger partial charge >= 0.3 is 0 Å². The van der Waals surface area contributed by atoms with Crippen molar-refractivity contribution in [2.24, 2.45) is 5.92 Å². The first-order valence-electron chi connectivity index (χ1n) is 7.46. The Labute approximate surface area is 110 Å². The Balaban J connectivity index is 1.62. The number of rotatable bonds is 1. The quantitative estimate of drug-likeness (QED) is 0.741. The summed E-state index contributed by atoms with van der Waals surface area (Å²) in [6.45, 7) is 4.97. The number of aliphatic hydroxyl groups is 1. The van der Waals surface area contributed by atoms with Crippen LogP contribution < -0.4 is 0 Å². The van der Waals surface area contributed by atoms with Crippen molar-refractivity contribution in [3.63, 3.8) is 0 Å². The van der Waals surface area contributed by atoms with Crippen LogP contribution in [0.2, 0.25) is 0 Å². The fourth-order valence-corrected chi connectivity index (χ4v) is 4.04. The molecule has 3 heterocycles. The van der Waals surface area contributed by atoms with Crippen LogP contribution in [-0.4, -0.2) is 73.0 Å². The van der Waals surface area contributed by atoms with E-state index >= 15 is 0 Å². The molecule has 0 aromatic rings. The molecule has 0 radical (unpaired) electrons. The summed E-state index contributed by atoms with van der Waals surface area (Å²) >= 11 is 0. The molecule has 0 aromatic heterocycles. The summed E-state index contributed by atoms with van der Waals surface area (Å²) in [5.41, 5.74) is 0. The first-order chi connectivity index (χ1) is 8.75. The Morgan fingerprint density at radius 1 is 1.11 bits per heavy atom. The number of ether oxygens (including phenoxy) is 1. The van der Waals surface area contributed by atoms with E-state index < -0.39 is 0 Å². The number of aliphatic hydroxyl groups excluding tert-OH is 1. The zero-order chi connectivity index (χ0) is 12.5. The molecule has 3 aliphatic heterocycles. The third-order valence-corrected chi connectivity index (χ3v) is 5.14. The Bertz CT molecular complexity index is 287. The van der Waals surface area contributed by atoms with Crippen LogP contribution in [0.4, 0.5) is 0 Å². The highest BCUT2D eigenvalue weighted by atomic mass is 16.5. The van der Waals surface area contributed by atoms with E-state index in [1.165, 1.54) is 25.8 Å². The summed E-state index contributed by atoms with van der Waals surface area (Å²) in [6.07, 6.45) is 4.56. The van der Waals surface area contributed by atoms with Crippen LogP contribution in [0.3, 0.4) is 0 Å². The van der Waals surface area contributed by atoms with Crippen LogP contribution in [0.5, 0.6) is 0 Å². The van der Waals surface area contributed by atoms with Gasteiger partial charge in [0.05, 0.1) is 18.8 Å². The van der Waals surface area contributed by atoms with Crippen molar-refractivity contribution in [1.82, 2.24) is 9.80 Å². The summed E-state index contributed by atoms with van der Waals surface area (Å²) in [4.78, 5) is 5.03. The molecule has 0 saturated carbocycles. The summed E-state index contributed by atoms with van der Waals surface area (Å²) in [5.74, 6) is 0.798. The fraction of sp³-hybridized carbons (Fsp3) is 1.00. The Hall–Kier alpha value is -0.160. The lowest BCUT2D eigenvalue weighted by Gasteiger charge is -2.49. The molecule has 3 fully saturated rings. The zero-order valence-electron chi connectivity index (χ0n) is 11.4. The van der Waals surface area contributed by atoms with E-state index in [9.17, 15) is 5.11 Å². The number of hydrogen-bond acceptors (Lipinski definition) is 4. The topological polar surface area (TPSA) is 35.9 Å². The lowest BCUT2D eigenvalue weighted by atomic mass is 9.83. The first kappa shape index (κ1) is 12.9. The van der Waals surface area contributed by atoms with Crippen LogP contribution in [0, 0.1) is 5.92 Å².